The lowest BCUT2D eigenvalue weighted by Gasteiger charge is -2.37. The van der Waals surface area contributed by atoms with Crippen LogP contribution in [0.1, 0.15) is 26.7 Å². The molecule has 0 amide bonds. The first kappa shape index (κ1) is 8.52. The Morgan fingerprint density at radius 1 is 1.17 bits per heavy atom. The van der Waals surface area contributed by atoms with E-state index in [1.165, 1.54) is 12.8 Å². The van der Waals surface area contributed by atoms with Crippen molar-refractivity contribution in [3.63, 3.8) is 0 Å². The molecule has 2 aliphatic rings. The Balaban J connectivity index is 2.13. The van der Waals surface area contributed by atoms with Gasteiger partial charge in [0.1, 0.15) is 0 Å². The average Bonchev–Trinajstić information content (AvgIpc) is 2.42. The van der Waals surface area contributed by atoms with Crippen LogP contribution in [0.25, 0.3) is 0 Å². The predicted molar refractivity (Wildman–Crippen MR) is 46.5 cm³/mol. The van der Waals surface area contributed by atoms with Gasteiger partial charge in [0.2, 0.25) is 0 Å². The maximum Gasteiger partial charge on any atom is 0.157 e. The third-order valence-corrected chi connectivity index (χ3v) is 3.70. The van der Waals surface area contributed by atoms with E-state index < -0.39 is 6.29 Å². The number of aliphatic hydroxyl groups is 1. The summed E-state index contributed by atoms with van der Waals surface area (Å²) in [5, 5.41) is 9.65. The zero-order valence-electron chi connectivity index (χ0n) is 7.86. The first-order chi connectivity index (χ1) is 5.70. The van der Waals surface area contributed by atoms with Gasteiger partial charge in [-0.15, -0.1) is 0 Å². The topological polar surface area (TPSA) is 29.5 Å². The van der Waals surface area contributed by atoms with Crippen molar-refractivity contribution in [1.82, 2.24) is 0 Å². The number of hydrogen-bond acceptors (Lipinski definition) is 2. The summed E-state index contributed by atoms with van der Waals surface area (Å²) in [5.74, 6) is 2.41. The van der Waals surface area contributed by atoms with Crippen molar-refractivity contribution < 1.29 is 9.84 Å². The molecule has 1 saturated heterocycles. The van der Waals surface area contributed by atoms with Gasteiger partial charge in [-0.25, -0.2) is 0 Å². The van der Waals surface area contributed by atoms with Crippen molar-refractivity contribution in [1.29, 1.82) is 0 Å². The highest BCUT2D eigenvalue weighted by Crippen LogP contribution is 2.45. The molecular weight excluding hydrogens is 152 g/mol. The first-order valence-corrected chi connectivity index (χ1v) is 5.00. The van der Waals surface area contributed by atoms with Crippen LogP contribution >= 0.6 is 0 Å². The molecule has 1 aliphatic carbocycles. The minimum Gasteiger partial charge on any atom is -0.368 e. The van der Waals surface area contributed by atoms with Gasteiger partial charge < -0.3 is 9.84 Å². The zero-order valence-corrected chi connectivity index (χ0v) is 7.86. The van der Waals surface area contributed by atoms with Gasteiger partial charge >= 0.3 is 0 Å². The summed E-state index contributed by atoms with van der Waals surface area (Å²) in [5.41, 5.74) is 0. The fourth-order valence-electron chi connectivity index (χ4n) is 2.90. The summed E-state index contributed by atoms with van der Waals surface area (Å²) in [6.45, 7) is 5.21. The number of fused-ring (bicyclic) bond motifs is 1. The molecule has 0 bridgehead atoms. The fourth-order valence-corrected chi connectivity index (χ4v) is 2.90. The van der Waals surface area contributed by atoms with Crippen LogP contribution in [0.15, 0.2) is 0 Å². The maximum atomic E-state index is 9.65. The van der Waals surface area contributed by atoms with E-state index in [0.717, 1.165) is 6.61 Å². The van der Waals surface area contributed by atoms with Crippen LogP contribution in [0.3, 0.4) is 0 Å². The van der Waals surface area contributed by atoms with E-state index >= 15 is 0 Å². The molecule has 1 heterocycles. The lowest BCUT2D eigenvalue weighted by atomic mass is 9.80. The molecule has 2 nitrogen and oxygen atoms in total. The molecule has 1 aliphatic heterocycles. The SMILES string of the molecule is CC1CCC2C1C(O)OC[C@H]2C. The molecule has 2 fully saturated rings. The summed E-state index contributed by atoms with van der Waals surface area (Å²) < 4.78 is 5.33. The van der Waals surface area contributed by atoms with Crippen LogP contribution in [-0.4, -0.2) is 18.0 Å². The van der Waals surface area contributed by atoms with Gasteiger partial charge in [-0.05, 0) is 30.6 Å². The molecule has 1 saturated carbocycles. The van der Waals surface area contributed by atoms with E-state index in [0.29, 0.717) is 23.7 Å². The van der Waals surface area contributed by atoms with E-state index in [1.54, 1.807) is 0 Å². The normalized spacial score (nSPS) is 53.8. The minimum absolute atomic E-state index is 0.411. The van der Waals surface area contributed by atoms with Crippen molar-refractivity contribution >= 4 is 0 Å². The van der Waals surface area contributed by atoms with E-state index in [2.05, 4.69) is 13.8 Å². The number of ether oxygens (including phenoxy) is 1. The molecule has 0 spiro atoms. The highest BCUT2D eigenvalue weighted by Gasteiger charge is 2.44. The predicted octanol–water partition coefficient (Wildman–Crippen LogP) is 1.63. The summed E-state index contributed by atoms with van der Waals surface area (Å²) in [7, 11) is 0. The fraction of sp³-hybridized carbons (Fsp3) is 1.00. The van der Waals surface area contributed by atoms with Crippen molar-refractivity contribution in [2.45, 2.75) is 33.0 Å². The molecular formula is C10H18O2. The summed E-state index contributed by atoms with van der Waals surface area (Å²) >= 11 is 0. The lowest BCUT2D eigenvalue weighted by molar-refractivity contribution is -0.195. The Bertz CT molecular complexity index is 169. The Kier molecular flexibility index (Phi) is 2.13. The van der Waals surface area contributed by atoms with Gasteiger partial charge in [-0.1, -0.05) is 13.8 Å². The summed E-state index contributed by atoms with van der Waals surface area (Å²) in [4.78, 5) is 0. The molecule has 0 aromatic heterocycles. The number of aliphatic hydroxyl groups excluding tert-OH is 1. The molecule has 0 aromatic carbocycles. The highest BCUT2D eigenvalue weighted by molar-refractivity contribution is 4.89. The standard InChI is InChI=1S/C10H18O2/c1-6-3-4-8-7(2)5-12-10(11)9(6)8/h6-11H,3-5H2,1-2H3/t6?,7-,8?,9?,10?/m1/s1. The molecule has 70 valence electrons. The second-order valence-corrected chi connectivity index (χ2v) is 4.50. The molecule has 1 N–H and O–H groups in total. The van der Waals surface area contributed by atoms with Crippen LogP contribution in [0.2, 0.25) is 0 Å². The van der Waals surface area contributed by atoms with Crippen LogP contribution in [0.4, 0.5) is 0 Å². The summed E-state index contributed by atoms with van der Waals surface area (Å²) in [6.07, 6.45) is 2.07. The van der Waals surface area contributed by atoms with Gasteiger partial charge in [0.25, 0.3) is 0 Å². The Morgan fingerprint density at radius 2 is 1.92 bits per heavy atom. The second-order valence-electron chi connectivity index (χ2n) is 4.50. The number of hydrogen-bond donors (Lipinski definition) is 1. The zero-order chi connectivity index (χ0) is 8.72. The third kappa shape index (κ3) is 1.17. The molecule has 12 heavy (non-hydrogen) atoms. The van der Waals surface area contributed by atoms with E-state index in [9.17, 15) is 5.11 Å². The van der Waals surface area contributed by atoms with E-state index in [1.807, 2.05) is 0 Å². The van der Waals surface area contributed by atoms with Gasteiger partial charge in [0, 0.05) is 5.92 Å². The highest BCUT2D eigenvalue weighted by atomic mass is 16.6. The van der Waals surface area contributed by atoms with Gasteiger partial charge in [-0.2, -0.15) is 0 Å². The van der Waals surface area contributed by atoms with E-state index in [4.69, 9.17) is 4.74 Å². The minimum atomic E-state index is -0.483. The Labute approximate surface area is 73.9 Å². The van der Waals surface area contributed by atoms with Gasteiger partial charge in [0.15, 0.2) is 6.29 Å². The van der Waals surface area contributed by atoms with Gasteiger partial charge in [-0.3, -0.25) is 0 Å². The molecule has 0 aromatic rings. The first-order valence-electron chi connectivity index (χ1n) is 5.00. The smallest absolute Gasteiger partial charge is 0.157 e. The molecule has 5 atom stereocenters. The van der Waals surface area contributed by atoms with Gasteiger partial charge in [0.05, 0.1) is 6.61 Å². The Morgan fingerprint density at radius 3 is 2.58 bits per heavy atom. The van der Waals surface area contributed by atoms with Crippen LogP contribution in [0, 0.1) is 23.7 Å². The van der Waals surface area contributed by atoms with Crippen molar-refractivity contribution in [3.05, 3.63) is 0 Å². The van der Waals surface area contributed by atoms with Crippen molar-refractivity contribution in [2.75, 3.05) is 6.61 Å². The molecule has 4 unspecified atom stereocenters. The average molecular weight is 170 g/mol. The Hall–Kier alpha value is -0.0800. The lowest BCUT2D eigenvalue weighted by Crippen LogP contribution is -2.40. The van der Waals surface area contributed by atoms with Crippen molar-refractivity contribution in [3.8, 4) is 0 Å². The second kappa shape index (κ2) is 3.00. The largest absolute Gasteiger partial charge is 0.368 e. The van der Waals surface area contributed by atoms with Crippen LogP contribution < -0.4 is 0 Å². The van der Waals surface area contributed by atoms with E-state index in [-0.39, 0.29) is 0 Å². The number of rotatable bonds is 0. The van der Waals surface area contributed by atoms with Crippen LogP contribution in [-0.2, 0) is 4.74 Å². The third-order valence-electron chi connectivity index (χ3n) is 3.70. The molecule has 0 radical (unpaired) electrons. The monoisotopic (exact) mass is 170 g/mol. The van der Waals surface area contributed by atoms with Crippen LogP contribution in [0.5, 0.6) is 0 Å². The molecule has 2 rings (SSSR count). The quantitative estimate of drug-likeness (QED) is 0.598. The summed E-state index contributed by atoms with van der Waals surface area (Å²) in [6, 6.07) is 0. The van der Waals surface area contributed by atoms with Crippen molar-refractivity contribution in [2.24, 2.45) is 23.7 Å². The maximum absolute atomic E-state index is 9.65. The molecule has 2 heteroatoms.